The quantitative estimate of drug-likeness (QED) is 0.198. The molecule has 2 aliphatic heterocycles. The van der Waals surface area contributed by atoms with Crippen molar-refractivity contribution in [1.29, 1.82) is 0 Å². The summed E-state index contributed by atoms with van der Waals surface area (Å²) < 4.78 is 5.99. The molecule has 50 heavy (non-hydrogen) atoms. The second-order valence-corrected chi connectivity index (χ2v) is 14.3. The molecule has 0 saturated carbocycles. The molecule has 3 N–H and O–H groups in total. The summed E-state index contributed by atoms with van der Waals surface area (Å²) in [5, 5.41) is 9.44. The molecular formula is C41H55N5O4. The lowest BCUT2D eigenvalue weighted by Gasteiger charge is -2.40. The Hall–Kier alpha value is -4.37. The highest BCUT2D eigenvalue weighted by Crippen LogP contribution is 2.30. The van der Waals surface area contributed by atoms with Crippen LogP contribution in [0.5, 0.6) is 5.75 Å². The predicted octanol–water partition coefficient (Wildman–Crippen LogP) is 6.24. The Morgan fingerprint density at radius 2 is 1.40 bits per heavy atom. The zero-order valence-corrected chi connectivity index (χ0v) is 30.0. The summed E-state index contributed by atoms with van der Waals surface area (Å²) in [5.41, 5.74) is 3.13. The Morgan fingerprint density at radius 3 is 2.06 bits per heavy atom. The molecule has 2 aliphatic rings. The molecule has 0 radical (unpaired) electrons. The predicted molar refractivity (Wildman–Crippen MR) is 198 cm³/mol. The van der Waals surface area contributed by atoms with Crippen LogP contribution >= 0.6 is 0 Å². The summed E-state index contributed by atoms with van der Waals surface area (Å²) in [5.74, 6) is 0.318. The van der Waals surface area contributed by atoms with Gasteiger partial charge in [0.15, 0.2) is 0 Å². The average Bonchev–Trinajstić information content (AvgIpc) is 3.41. The minimum atomic E-state index is -0.841. The smallest absolute Gasteiger partial charge is 0.318 e. The van der Waals surface area contributed by atoms with Crippen LogP contribution in [0.2, 0.25) is 0 Å². The number of likely N-dealkylation sites (tertiary alicyclic amines) is 2. The van der Waals surface area contributed by atoms with Gasteiger partial charge in [0.05, 0.1) is 6.04 Å². The van der Waals surface area contributed by atoms with Crippen LogP contribution in [0, 0.1) is 5.92 Å². The number of amides is 4. The van der Waals surface area contributed by atoms with Crippen LogP contribution in [0.15, 0.2) is 84.9 Å². The van der Waals surface area contributed by atoms with E-state index in [1.165, 1.54) is 0 Å². The van der Waals surface area contributed by atoms with E-state index in [9.17, 15) is 14.4 Å². The van der Waals surface area contributed by atoms with Gasteiger partial charge < -0.3 is 25.6 Å². The normalized spacial score (nSPS) is 19.6. The minimum Gasteiger partial charge on any atom is -0.489 e. The second kappa shape index (κ2) is 18.6. The molecule has 0 aliphatic carbocycles. The summed E-state index contributed by atoms with van der Waals surface area (Å²) in [6.45, 7) is 6.85. The maximum Gasteiger partial charge on any atom is 0.318 e. The summed E-state index contributed by atoms with van der Waals surface area (Å²) >= 11 is 0. The Kier molecular flexibility index (Phi) is 13.7. The number of ether oxygens (including phenoxy) is 1. The van der Waals surface area contributed by atoms with Crippen molar-refractivity contribution in [2.24, 2.45) is 5.92 Å². The fraction of sp³-hybridized carbons (Fsp3) is 0.488. The SMILES string of the molecule is CC(C)CC(NC(=O)N1CCCCCC1)C(=O)NC(Cc1ccc(OCc2ccccc2)cc1)C(=O)NC1CCCN(C)C1c1ccccc1. The maximum atomic E-state index is 14.2. The third-order valence-electron chi connectivity index (χ3n) is 9.81. The van der Waals surface area contributed by atoms with Crippen LogP contribution in [0.4, 0.5) is 4.79 Å². The molecule has 9 heteroatoms. The standard InChI is InChI=1S/C41H55N5O4/c1-30(2)27-36(44-41(49)46-25-12-4-5-13-26-46)39(47)43-37(28-31-20-22-34(23-21-31)50-29-32-15-8-6-9-16-32)40(48)42-35-19-14-24-45(3)38(35)33-17-10-7-11-18-33/h6-11,15-18,20-23,30,35-38H,4-5,12-14,19,24-29H2,1-3H3,(H,42,48)(H,43,47)(H,44,49). The maximum absolute atomic E-state index is 14.2. The van der Waals surface area contributed by atoms with Gasteiger partial charge in [0.25, 0.3) is 0 Å². The number of carbonyl (C=O) groups is 3. The molecule has 4 atom stereocenters. The van der Waals surface area contributed by atoms with Crippen LogP contribution in [-0.2, 0) is 22.6 Å². The van der Waals surface area contributed by atoms with E-state index < -0.39 is 12.1 Å². The second-order valence-electron chi connectivity index (χ2n) is 14.3. The molecular weight excluding hydrogens is 626 g/mol. The Labute approximate surface area is 298 Å². The van der Waals surface area contributed by atoms with E-state index in [0.717, 1.165) is 67.5 Å². The van der Waals surface area contributed by atoms with Crippen molar-refractivity contribution in [3.63, 3.8) is 0 Å². The third-order valence-corrected chi connectivity index (χ3v) is 9.81. The number of piperidine rings is 1. The van der Waals surface area contributed by atoms with Crippen molar-refractivity contribution in [1.82, 2.24) is 25.8 Å². The fourth-order valence-corrected chi connectivity index (χ4v) is 7.13. The number of hydrogen-bond donors (Lipinski definition) is 3. The van der Waals surface area contributed by atoms with Crippen LogP contribution in [0.1, 0.15) is 81.5 Å². The van der Waals surface area contributed by atoms with Crippen LogP contribution in [0.25, 0.3) is 0 Å². The molecule has 0 aromatic heterocycles. The van der Waals surface area contributed by atoms with Crippen molar-refractivity contribution >= 4 is 17.8 Å². The Morgan fingerprint density at radius 1 is 0.740 bits per heavy atom. The molecule has 4 amide bonds. The van der Waals surface area contributed by atoms with E-state index in [2.05, 4.69) is 40.0 Å². The molecule has 2 heterocycles. The number of nitrogens with zero attached hydrogens (tertiary/aromatic N) is 2. The lowest BCUT2D eigenvalue weighted by atomic mass is 9.90. The first-order valence-electron chi connectivity index (χ1n) is 18.4. The monoisotopic (exact) mass is 681 g/mol. The molecule has 3 aromatic rings. The van der Waals surface area contributed by atoms with Crippen LogP contribution < -0.4 is 20.7 Å². The van der Waals surface area contributed by atoms with Crippen molar-refractivity contribution in [2.45, 2.75) is 96.0 Å². The molecule has 268 valence electrons. The molecule has 0 bridgehead atoms. The number of likely N-dealkylation sites (N-methyl/N-ethyl adjacent to an activating group) is 1. The summed E-state index contributed by atoms with van der Waals surface area (Å²) in [7, 11) is 2.10. The van der Waals surface area contributed by atoms with E-state index in [1.807, 2.05) is 91.5 Å². The molecule has 2 saturated heterocycles. The van der Waals surface area contributed by atoms with Gasteiger partial charge in [0.2, 0.25) is 11.8 Å². The summed E-state index contributed by atoms with van der Waals surface area (Å²) in [6, 6.07) is 26.1. The first-order valence-corrected chi connectivity index (χ1v) is 18.4. The van der Waals surface area contributed by atoms with Crippen molar-refractivity contribution in [3.8, 4) is 5.75 Å². The highest BCUT2D eigenvalue weighted by atomic mass is 16.5. The topological polar surface area (TPSA) is 103 Å². The van der Waals surface area contributed by atoms with E-state index in [4.69, 9.17) is 4.74 Å². The first kappa shape index (κ1) is 36.9. The van der Waals surface area contributed by atoms with Crippen molar-refractivity contribution in [2.75, 3.05) is 26.7 Å². The number of urea groups is 1. The van der Waals surface area contributed by atoms with Crippen LogP contribution in [0.3, 0.4) is 0 Å². The van der Waals surface area contributed by atoms with E-state index in [1.54, 1.807) is 0 Å². The van der Waals surface area contributed by atoms with Crippen molar-refractivity contribution < 1.29 is 19.1 Å². The lowest BCUT2D eigenvalue weighted by molar-refractivity contribution is -0.131. The lowest BCUT2D eigenvalue weighted by Crippen LogP contribution is -2.58. The first-order chi connectivity index (χ1) is 24.3. The summed E-state index contributed by atoms with van der Waals surface area (Å²) in [6.07, 6.45) is 6.72. The Bertz CT molecular complexity index is 1490. The van der Waals surface area contributed by atoms with E-state index in [-0.39, 0.29) is 35.8 Å². The molecule has 9 nitrogen and oxygen atoms in total. The van der Waals surface area contributed by atoms with Gasteiger partial charge in [-0.25, -0.2) is 4.79 Å². The summed E-state index contributed by atoms with van der Waals surface area (Å²) in [4.78, 5) is 45.7. The number of nitrogens with one attached hydrogen (secondary N) is 3. The fourth-order valence-electron chi connectivity index (χ4n) is 7.13. The third kappa shape index (κ3) is 10.8. The largest absolute Gasteiger partial charge is 0.489 e. The average molecular weight is 682 g/mol. The van der Waals surface area contributed by atoms with E-state index in [0.29, 0.717) is 32.5 Å². The number of rotatable bonds is 13. The molecule has 5 rings (SSSR count). The van der Waals surface area contributed by atoms with Gasteiger partial charge in [-0.05, 0) is 80.4 Å². The molecule has 0 spiro atoms. The van der Waals surface area contributed by atoms with Crippen LogP contribution in [-0.4, -0.2) is 72.5 Å². The molecule has 2 fully saturated rings. The van der Waals surface area contributed by atoms with Gasteiger partial charge in [-0.15, -0.1) is 0 Å². The number of hydrogen-bond acceptors (Lipinski definition) is 5. The highest BCUT2D eigenvalue weighted by Gasteiger charge is 2.35. The van der Waals surface area contributed by atoms with Gasteiger partial charge in [0.1, 0.15) is 24.4 Å². The van der Waals surface area contributed by atoms with E-state index >= 15 is 0 Å². The Balaban J connectivity index is 1.33. The van der Waals surface area contributed by atoms with Gasteiger partial charge >= 0.3 is 6.03 Å². The zero-order chi connectivity index (χ0) is 35.3. The van der Waals surface area contributed by atoms with Gasteiger partial charge in [0, 0.05) is 25.6 Å². The van der Waals surface area contributed by atoms with Crippen molar-refractivity contribution in [3.05, 3.63) is 102 Å². The van der Waals surface area contributed by atoms with Gasteiger partial charge in [-0.3, -0.25) is 14.5 Å². The highest BCUT2D eigenvalue weighted by molar-refractivity contribution is 5.92. The molecule has 3 aromatic carbocycles. The number of benzene rings is 3. The van der Waals surface area contributed by atoms with Gasteiger partial charge in [-0.2, -0.15) is 0 Å². The number of carbonyl (C=O) groups excluding carboxylic acids is 3. The minimum absolute atomic E-state index is 0.0212. The van der Waals surface area contributed by atoms with Gasteiger partial charge in [-0.1, -0.05) is 99.5 Å². The molecule has 4 unspecified atom stereocenters. The zero-order valence-electron chi connectivity index (χ0n) is 30.0.